The van der Waals surface area contributed by atoms with Gasteiger partial charge in [-0.05, 0) is 56.4 Å². The van der Waals surface area contributed by atoms with Gasteiger partial charge in [0.2, 0.25) is 0 Å². The summed E-state index contributed by atoms with van der Waals surface area (Å²) in [5.41, 5.74) is 3.50. The van der Waals surface area contributed by atoms with Gasteiger partial charge in [0.1, 0.15) is 5.92 Å². The molecule has 208 valence electrons. The van der Waals surface area contributed by atoms with Crippen molar-refractivity contribution in [2.45, 2.75) is 58.0 Å². The summed E-state index contributed by atoms with van der Waals surface area (Å²) in [5, 5.41) is 0. The zero-order valence-corrected chi connectivity index (χ0v) is 23.7. The van der Waals surface area contributed by atoms with Gasteiger partial charge in [-0.3, -0.25) is 14.6 Å². The monoisotopic (exact) mass is 535 g/mol. The van der Waals surface area contributed by atoms with Gasteiger partial charge < -0.3 is 23.7 Å². The smallest absolute Gasteiger partial charge is 0.315 e. The summed E-state index contributed by atoms with van der Waals surface area (Å²) in [5.74, 6) is 0.327. The third kappa shape index (κ3) is 5.37. The Labute approximate surface area is 230 Å². The van der Waals surface area contributed by atoms with Crippen LogP contribution in [0.25, 0.3) is 0 Å². The third-order valence-electron chi connectivity index (χ3n) is 7.68. The van der Waals surface area contributed by atoms with Crippen LogP contribution in [0.15, 0.2) is 52.7 Å². The van der Waals surface area contributed by atoms with E-state index < -0.39 is 17.8 Å². The molecule has 4 rings (SSSR count). The van der Waals surface area contributed by atoms with Crippen molar-refractivity contribution >= 4 is 17.5 Å². The lowest BCUT2D eigenvalue weighted by molar-refractivity contribution is -0.151. The van der Waals surface area contributed by atoms with Crippen LogP contribution >= 0.6 is 0 Å². The number of rotatable bonds is 9. The highest BCUT2D eigenvalue weighted by molar-refractivity contribution is 6.09. The van der Waals surface area contributed by atoms with Gasteiger partial charge in [-0.1, -0.05) is 25.1 Å². The second-order valence-electron chi connectivity index (χ2n) is 9.95. The summed E-state index contributed by atoms with van der Waals surface area (Å²) >= 11 is 0. The highest BCUT2D eigenvalue weighted by atomic mass is 16.5. The first-order valence-electron chi connectivity index (χ1n) is 13.2. The molecule has 0 aromatic heterocycles. The van der Waals surface area contributed by atoms with E-state index in [-0.39, 0.29) is 24.2 Å². The number of allylic oxidation sites excluding steroid dienone is 2. The van der Waals surface area contributed by atoms with Crippen LogP contribution in [0.4, 0.5) is 0 Å². The maximum atomic E-state index is 14.0. The maximum absolute atomic E-state index is 14.0. The molecule has 1 heterocycles. The number of carbonyl (C=O) groups is 2. The minimum atomic E-state index is -0.764. The maximum Gasteiger partial charge on any atom is 0.315 e. The van der Waals surface area contributed by atoms with E-state index in [4.69, 9.17) is 28.7 Å². The minimum absolute atomic E-state index is 0.0523. The second-order valence-corrected chi connectivity index (χ2v) is 9.95. The molecule has 2 aromatic rings. The highest BCUT2D eigenvalue weighted by Crippen LogP contribution is 2.50. The molecule has 8 heteroatoms. The van der Waals surface area contributed by atoms with Crippen molar-refractivity contribution in [2.24, 2.45) is 10.9 Å². The number of carbonyl (C=O) groups excluding carboxylic acids is 2. The lowest BCUT2D eigenvalue weighted by Gasteiger charge is -2.37. The Kier molecular flexibility index (Phi) is 8.63. The van der Waals surface area contributed by atoms with E-state index in [1.165, 1.54) is 0 Å². The molecule has 39 heavy (non-hydrogen) atoms. The Bertz CT molecular complexity index is 1310. The van der Waals surface area contributed by atoms with E-state index in [9.17, 15) is 9.59 Å². The van der Waals surface area contributed by atoms with Gasteiger partial charge in [0, 0.05) is 34.9 Å². The number of Topliss-reactive ketones (excluding diaryl/α,β-unsaturated/α-hetero) is 1. The van der Waals surface area contributed by atoms with Gasteiger partial charge in [-0.2, -0.15) is 0 Å². The molecule has 0 N–H and O–H groups in total. The fourth-order valence-corrected chi connectivity index (χ4v) is 5.56. The van der Waals surface area contributed by atoms with Gasteiger partial charge >= 0.3 is 5.97 Å². The number of aliphatic imine (C=N–C) groups is 1. The number of ether oxygens (including phenoxy) is 5. The fourth-order valence-electron chi connectivity index (χ4n) is 5.56. The number of hydrogen-bond donors (Lipinski definition) is 0. The zero-order chi connectivity index (χ0) is 28.3. The third-order valence-corrected chi connectivity index (χ3v) is 7.68. The highest BCUT2D eigenvalue weighted by Gasteiger charge is 2.46. The molecular weight excluding hydrogens is 498 g/mol. The number of nitrogens with zero attached hydrogens (tertiary/aromatic N) is 1. The quantitative estimate of drug-likeness (QED) is 0.384. The van der Waals surface area contributed by atoms with E-state index in [0.29, 0.717) is 58.4 Å². The van der Waals surface area contributed by atoms with Gasteiger partial charge in [0.25, 0.3) is 0 Å². The first kappa shape index (κ1) is 28.2. The summed E-state index contributed by atoms with van der Waals surface area (Å²) in [6.45, 7) is 5.65. The van der Waals surface area contributed by atoms with E-state index in [0.717, 1.165) is 5.56 Å². The van der Waals surface area contributed by atoms with Crippen LogP contribution in [0.3, 0.4) is 0 Å². The van der Waals surface area contributed by atoms with Gasteiger partial charge in [0.05, 0.1) is 34.5 Å². The van der Waals surface area contributed by atoms with E-state index >= 15 is 0 Å². The normalized spacial score (nSPS) is 21.5. The van der Waals surface area contributed by atoms with Crippen LogP contribution < -0.4 is 18.9 Å². The van der Waals surface area contributed by atoms with Gasteiger partial charge in [0.15, 0.2) is 28.8 Å². The predicted octanol–water partition coefficient (Wildman–Crippen LogP) is 5.64. The van der Waals surface area contributed by atoms with Gasteiger partial charge in [-0.15, -0.1) is 0 Å². The van der Waals surface area contributed by atoms with Crippen molar-refractivity contribution in [2.75, 3.05) is 28.4 Å². The molecule has 2 aromatic carbocycles. The number of para-hydroxylation sites is 1. The molecule has 0 saturated carbocycles. The van der Waals surface area contributed by atoms with Crippen molar-refractivity contribution in [3.05, 3.63) is 58.8 Å². The van der Waals surface area contributed by atoms with Gasteiger partial charge in [-0.25, -0.2) is 0 Å². The molecule has 1 unspecified atom stereocenters. The van der Waals surface area contributed by atoms with Crippen LogP contribution in [-0.4, -0.2) is 52.0 Å². The van der Waals surface area contributed by atoms with Crippen LogP contribution in [0.2, 0.25) is 0 Å². The summed E-state index contributed by atoms with van der Waals surface area (Å²) in [6, 6.07) is 11.2. The Morgan fingerprint density at radius 3 is 2.33 bits per heavy atom. The second kappa shape index (κ2) is 11.9. The summed E-state index contributed by atoms with van der Waals surface area (Å²) in [4.78, 5) is 32.4. The molecule has 0 saturated heterocycles. The van der Waals surface area contributed by atoms with Crippen LogP contribution in [-0.2, 0) is 14.3 Å². The Morgan fingerprint density at radius 2 is 1.69 bits per heavy atom. The molecule has 4 atom stereocenters. The Morgan fingerprint density at radius 1 is 0.974 bits per heavy atom. The molecule has 2 aliphatic rings. The predicted molar refractivity (Wildman–Crippen MR) is 148 cm³/mol. The largest absolute Gasteiger partial charge is 0.493 e. The topological polar surface area (TPSA) is 92.7 Å². The molecule has 0 spiro atoms. The lowest BCUT2D eigenvalue weighted by atomic mass is 9.69. The fraction of sp³-hybridized carbons (Fsp3) is 0.452. The zero-order valence-electron chi connectivity index (χ0n) is 23.7. The van der Waals surface area contributed by atoms with Crippen molar-refractivity contribution in [1.29, 1.82) is 0 Å². The molecular formula is C31H37NO7. The molecule has 8 nitrogen and oxygen atoms in total. The Balaban J connectivity index is 1.84. The first-order valence-corrected chi connectivity index (χ1v) is 13.2. The van der Waals surface area contributed by atoms with Crippen molar-refractivity contribution in [3.63, 3.8) is 0 Å². The molecule has 0 fully saturated rings. The molecule has 0 amide bonds. The van der Waals surface area contributed by atoms with E-state index in [1.807, 2.05) is 51.1 Å². The number of esters is 1. The van der Waals surface area contributed by atoms with Crippen LogP contribution in [0, 0.1) is 5.92 Å². The standard InChI is InChI=1S/C31H37NO7/c1-8-17(2)39-31(34)27-18(3)32-22-14-20(19-12-13-24(35-4)26(16-19)37-6)15-23(33)29(22)28(27)21-10-9-11-25(36-5)30(21)38-7/h9-13,16-17,20,27-28H,8,14-15H2,1-7H3/t17-,20-,27?,28-/m1/s1. The summed E-state index contributed by atoms with van der Waals surface area (Å²) < 4.78 is 28.0. The van der Waals surface area contributed by atoms with Crippen molar-refractivity contribution in [3.8, 4) is 23.0 Å². The SMILES string of the molecule is CC[C@@H](C)OC(=O)C1C(C)=NC2=C(C(=O)C[C@H](c3ccc(OC)c(OC)c3)C2)[C@@H]1c1cccc(OC)c1OC. The average molecular weight is 536 g/mol. The van der Waals surface area contributed by atoms with E-state index in [1.54, 1.807) is 34.5 Å². The van der Waals surface area contributed by atoms with Crippen LogP contribution in [0.1, 0.15) is 63.0 Å². The Hall–Kier alpha value is -3.81. The van der Waals surface area contributed by atoms with Crippen molar-refractivity contribution < 1.29 is 33.3 Å². The number of ketones is 1. The number of methoxy groups -OCH3 is 4. The first-order chi connectivity index (χ1) is 18.8. The number of benzene rings is 2. The molecule has 0 bridgehead atoms. The average Bonchev–Trinajstić information content (AvgIpc) is 2.94. The summed E-state index contributed by atoms with van der Waals surface area (Å²) in [6.07, 6.45) is 1.25. The summed E-state index contributed by atoms with van der Waals surface area (Å²) in [7, 11) is 6.30. The minimum Gasteiger partial charge on any atom is -0.493 e. The molecule has 1 aliphatic heterocycles. The van der Waals surface area contributed by atoms with Crippen molar-refractivity contribution in [1.82, 2.24) is 0 Å². The van der Waals surface area contributed by atoms with Crippen LogP contribution in [0.5, 0.6) is 23.0 Å². The molecule has 1 aliphatic carbocycles. The lowest BCUT2D eigenvalue weighted by Crippen LogP contribution is -2.39. The number of hydrogen-bond acceptors (Lipinski definition) is 8. The van der Waals surface area contributed by atoms with E-state index in [2.05, 4.69) is 0 Å². The molecule has 0 radical (unpaired) electrons.